The fourth-order valence-corrected chi connectivity index (χ4v) is 4.81. The van der Waals surface area contributed by atoms with Crippen LogP contribution in [0.5, 0.6) is 0 Å². The molecule has 0 spiro atoms. The number of benzene rings is 1. The molecule has 2 aromatic heterocycles. The van der Waals surface area contributed by atoms with Gasteiger partial charge in [-0.2, -0.15) is 0 Å². The number of thiocarbonyl (C=S) groups is 1. The van der Waals surface area contributed by atoms with Crippen molar-refractivity contribution in [1.82, 2.24) is 0 Å². The summed E-state index contributed by atoms with van der Waals surface area (Å²) >= 11 is 8.17. The molecule has 1 saturated heterocycles. The van der Waals surface area contributed by atoms with Crippen molar-refractivity contribution in [2.75, 3.05) is 4.90 Å². The van der Waals surface area contributed by atoms with Crippen LogP contribution < -0.4 is 4.90 Å². The van der Waals surface area contributed by atoms with Crippen molar-refractivity contribution in [2.45, 2.75) is 6.92 Å². The Labute approximate surface area is 174 Å². The molecule has 8 heteroatoms. The van der Waals surface area contributed by atoms with Gasteiger partial charge in [-0.15, -0.1) is 11.3 Å². The summed E-state index contributed by atoms with van der Waals surface area (Å²) in [4.78, 5) is 27.9. The molecule has 0 aliphatic carbocycles. The van der Waals surface area contributed by atoms with E-state index in [1.165, 1.54) is 33.7 Å². The smallest absolute Gasteiger partial charge is 0.335 e. The SMILES string of the molecule is Cc1ccc(-c2ccc(/C=C3/SC(=S)N(c4ccc(C(=O)O)cc4)C3=O)o2)s1. The highest BCUT2D eigenvalue weighted by molar-refractivity contribution is 8.27. The van der Waals surface area contributed by atoms with E-state index in [1.54, 1.807) is 29.5 Å². The topological polar surface area (TPSA) is 70.8 Å². The number of carboxylic acid groups (broad SMARTS) is 1. The first-order valence-electron chi connectivity index (χ1n) is 8.20. The first-order valence-corrected chi connectivity index (χ1v) is 10.2. The maximum Gasteiger partial charge on any atom is 0.335 e. The summed E-state index contributed by atoms with van der Waals surface area (Å²) < 4.78 is 6.24. The third-order valence-electron chi connectivity index (χ3n) is 4.05. The molecule has 0 bridgehead atoms. The Morgan fingerprint density at radius 1 is 1.14 bits per heavy atom. The number of hydrogen-bond donors (Lipinski definition) is 1. The van der Waals surface area contributed by atoms with E-state index in [0.717, 1.165) is 10.6 Å². The second-order valence-electron chi connectivity index (χ2n) is 5.98. The number of thiophene rings is 1. The molecule has 1 aromatic carbocycles. The molecule has 1 amide bonds. The fourth-order valence-electron chi connectivity index (χ4n) is 2.70. The Hall–Kier alpha value is -2.68. The van der Waals surface area contributed by atoms with Crippen LogP contribution in [0.2, 0.25) is 0 Å². The minimum atomic E-state index is -1.02. The van der Waals surface area contributed by atoms with E-state index in [-0.39, 0.29) is 11.5 Å². The van der Waals surface area contributed by atoms with Gasteiger partial charge in [-0.25, -0.2) is 4.79 Å². The van der Waals surface area contributed by atoms with Crippen molar-refractivity contribution in [3.05, 3.63) is 69.6 Å². The predicted octanol–water partition coefficient (Wildman–Crippen LogP) is 5.42. The largest absolute Gasteiger partial charge is 0.478 e. The molecule has 0 radical (unpaired) electrons. The van der Waals surface area contributed by atoms with E-state index in [4.69, 9.17) is 21.7 Å². The molecule has 3 aromatic rings. The van der Waals surface area contributed by atoms with Crippen LogP contribution in [0.15, 0.2) is 57.9 Å². The molecule has 0 atom stereocenters. The second kappa shape index (κ2) is 7.38. The Kier molecular flexibility index (Phi) is 4.92. The molecule has 0 saturated carbocycles. The quantitative estimate of drug-likeness (QED) is 0.443. The molecule has 5 nitrogen and oxygen atoms in total. The number of rotatable bonds is 4. The Morgan fingerprint density at radius 3 is 2.54 bits per heavy atom. The summed E-state index contributed by atoms with van der Waals surface area (Å²) in [5.41, 5.74) is 0.682. The second-order valence-corrected chi connectivity index (χ2v) is 8.95. The monoisotopic (exact) mass is 427 g/mol. The molecule has 1 fully saturated rings. The molecule has 1 aliphatic rings. The van der Waals surface area contributed by atoms with Crippen LogP contribution in [-0.4, -0.2) is 21.3 Å². The van der Waals surface area contributed by atoms with Crippen molar-refractivity contribution >= 4 is 63.3 Å². The highest BCUT2D eigenvalue weighted by atomic mass is 32.2. The summed E-state index contributed by atoms with van der Waals surface area (Å²) in [6, 6.07) is 13.8. The third-order valence-corrected chi connectivity index (χ3v) is 6.37. The van der Waals surface area contributed by atoms with Gasteiger partial charge in [0.15, 0.2) is 4.32 Å². The molecule has 1 N–H and O–H groups in total. The van der Waals surface area contributed by atoms with Crippen LogP contribution >= 0.6 is 35.3 Å². The van der Waals surface area contributed by atoms with Crippen LogP contribution in [0.25, 0.3) is 16.7 Å². The van der Waals surface area contributed by atoms with Gasteiger partial charge in [0.25, 0.3) is 5.91 Å². The molecule has 0 unspecified atom stereocenters. The van der Waals surface area contributed by atoms with E-state index in [0.29, 0.717) is 20.7 Å². The van der Waals surface area contributed by atoms with Gasteiger partial charge in [0.1, 0.15) is 11.5 Å². The average molecular weight is 428 g/mol. The average Bonchev–Trinajstić information content (AvgIpc) is 3.36. The summed E-state index contributed by atoms with van der Waals surface area (Å²) in [5, 5.41) is 9.01. The Morgan fingerprint density at radius 2 is 1.89 bits per heavy atom. The van der Waals surface area contributed by atoms with Crippen molar-refractivity contribution < 1.29 is 19.1 Å². The number of nitrogens with zero attached hydrogens (tertiary/aromatic N) is 1. The van der Waals surface area contributed by atoms with Gasteiger partial charge in [-0.1, -0.05) is 24.0 Å². The maximum absolute atomic E-state index is 12.8. The number of amides is 1. The number of thioether (sulfide) groups is 1. The van der Waals surface area contributed by atoms with Gasteiger partial charge in [0.05, 0.1) is 21.0 Å². The number of carboxylic acids is 1. The van der Waals surface area contributed by atoms with Crippen LogP contribution in [0.4, 0.5) is 5.69 Å². The first kappa shape index (κ1) is 18.7. The predicted molar refractivity (Wildman–Crippen MR) is 116 cm³/mol. The van der Waals surface area contributed by atoms with Crippen LogP contribution in [0.1, 0.15) is 21.0 Å². The third kappa shape index (κ3) is 3.54. The van der Waals surface area contributed by atoms with E-state index < -0.39 is 5.97 Å². The standard InChI is InChI=1S/C20H13NO4S3/c1-11-2-9-16(27-11)15-8-7-14(25-15)10-17-18(22)21(20(26)28-17)13-5-3-12(4-6-13)19(23)24/h2-10H,1H3,(H,23,24)/b17-10+. The van der Waals surface area contributed by atoms with Crippen LogP contribution in [0, 0.1) is 6.92 Å². The van der Waals surface area contributed by atoms with Crippen LogP contribution in [-0.2, 0) is 4.79 Å². The number of aromatic carboxylic acids is 1. The van der Waals surface area contributed by atoms with Crippen molar-refractivity contribution in [3.63, 3.8) is 0 Å². The lowest BCUT2D eigenvalue weighted by Gasteiger charge is -2.14. The molecular formula is C20H13NO4S3. The van der Waals surface area contributed by atoms with E-state index in [2.05, 4.69) is 0 Å². The summed E-state index contributed by atoms with van der Waals surface area (Å²) in [6.07, 6.45) is 1.68. The summed E-state index contributed by atoms with van der Waals surface area (Å²) in [6.45, 7) is 2.03. The lowest BCUT2D eigenvalue weighted by molar-refractivity contribution is -0.113. The number of carbonyl (C=O) groups excluding carboxylic acids is 1. The van der Waals surface area contributed by atoms with Gasteiger partial charge in [0, 0.05) is 11.0 Å². The minimum Gasteiger partial charge on any atom is -0.478 e. The number of furan rings is 1. The number of hydrogen-bond acceptors (Lipinski definition) is 6. The molecular weight excluding hydrogens is 414 g/mol. The zero-order valence-corrected chi connectivity index (χ0v) is 17.0. The molecule has 3 heterocycles. The zero-order chi connectivity index (χ0) is 19.8. The molecule has 28 heavy (non-hydrogen) atoms. The van der Waals surface area contributed by atoms with E-state index in [1.807, 2.05) is 31.2 Å². The van der Waals surface area contributed by atoms with E-state index in [9.17, 15) is 9.59 Å². The molecule has 1 aliphatic heterocycles. The zero-order valence-electron chi connectivity index (χ0n) is 14.5. The van der Waals surface area contributed by atoms with Crippen LogP contribution in [0.3, 0.4) is 0 Å². The van der Waals surface area contributed by atoms with Gasteiger partial charge in [0.2, 0.25) is 0 Å². The Balaban J connectivity index is 1.58. The van der Waals surface area contributed by atoms with Crippen molar-refractivity contribution in [1.29, 1.82) is 0 Å². The summed E-state index contributed by atoms with van der Waals surface area (Å²) in [7, 11) is 0. The number of carbonyl (C=O) groups is 2. The van der Waals surface area contributed by atoms with E-state index >= 15 is 0 Å². The highest BCUT2D eigenvalue weighted by Gasteiger charge is 2.33. The van der Waals surface area contributed by atoms with Gasteiger partial charge < -0.3 is 9.52 Å². The Bertz CT molecular complexity index is 1120. The van der Waals surface area contributed by atoms with Gasteiger partial charge >= 0.3 is 5.97 Å². The van der Waals surface area contributed by atoms with Gasteiger partial charge in [-0.05, 0) is 55.5 Å². The molecule has 4 rings (SSSR count). The normalized spacial score (nSPS) is 15.6. The number of anilines is 1. The lowest BCUT2D eigenvalue weighted by atomic mass is 10.2. The fraction of sp³-hybridized carbons (Fsp3) is 0.0500. The van der Waals surface area contributed by atoms with Crippen molar-refractivity contribution in [2.24, 2.45) is 0 Å². The van der Waals surface area contributed by atoms with Crippen molar-refractivity contribution in [3.8, 4) is 10.6 Å². The van der Waals surface area contributed by atoms with Gasteiger partial charge in [-0.3, -0.25) is 9.69 Å². The summed E-state index contributed by atoms with van der Waals surface area (Å²) in [5.74, 6) is 0.0428. The molecule has 140 valence electrons. The lowest BCUT2D eigenvalue weighted by Crippen LogP contribution is -2.27. The number of aryl methyl sites for hydroxylation is 1. The minimum absolute atomic E-state index is 0.150. The first-order chi connectivity index (χ1) is 13.4. The highest BCUT2D eigenvalue weighted by Crippen LogP contribution is 2.37. The maximum atomic E-state index is 12.8.